The van der Waals surface area contributed by atoms with Gasteiger partial charge in [-0.3, -0.25) is 9.59 Å². The van der Waals surface area contributed by atoms with Crippen molar-refractivity contribution in [2.75, 3.05) is 32.6 Å². The molecule has 0 radical (unpaired) electrons. The maximum absolute atomic E-state index is 12.4. The SMILES string of the molecule is COc1cc(/C=C/C(=O)Nc2ccc(C(=O)N3CCCC3)cc2)cc(OC)c1. The summed E-state index contributed by atoms with van der Waals surface area (Å²) in [6, 6.07) is 12.4. The number of anilines is 1. The summed E-state index contributed by atoms with van der Waals surface area (Å²) in [5.41, 5.74) is 2.06. The number of nitrogens with zero attached hydrogens (tertiary/aromatic N) is 1. The third kappa shape index (κ3) is 4.91. The number of hydrogen-bond donors (Lipinski definition) is 1. The quantitative estimate of drug-likeness (QED) is 0.778. The lowest BCUT2D eigenvalue weighted by Gasteiger charge is -2.15. The molecule has 1 saturated heterocycles. The van der Waals surface area contributed by atoms with Gasteiger partial charge in [-0.25, -0.2) is 0 Å². The van der Waals surface area contributed by atoms with Crippen molar-refractivity contribution in [3.63, 3.8) is 0 Å². The summed E-state index contributed by atoms with van der Waals surface area (Å²) in [5.74, 6) is 1.08. The average molecular weight is 380 g/mol. The van der Waals surface area contributed by atoms with Gasteiger partial charge in [0.15, 0.2) is 0 Å². The molecule has 1 fully saturated rings. The summed E-state index contributed by atoms with van der Waals surface area (Å²) in [6.45, 7) is 1.63. The molecule has 0 bridgehead atoms. The van der Waals surface area contributed by atoms with Gasteiger partial charge in [-0.1, -0.05) is 0 Å². The Hall–Kier alpha value is -3.28. The molecule has 6 nitrogen and oxygen atoms in total. The Balaban J connectivity index is 1.61. The van der Waals surface area contributed by atoms with Gasteiger partial charge in [0.1, 0.15) is 11.5 Å². The van der Waals surface area contributed by atoms with E-state index in [-0.39, 0.29) is 11.8 Å². The van der Waals surface area contributed by atoms with Crippen LogP contribution in [0.15, 0.2) is 48.5 Å². The van der Waals surface area contributed by atoms with Gasteiger partial charge in [0.05, 0.1) is 14.2 Å². The van der Waals surface area contributed by atoms with E-state index < -0.39 is 0 Å². The van der Waals surface area contributed by atoms with Crippen LogP contribution < -0.4 is 14.8 Å². The molecule has 1 heterocycles. The minimum atomic E-state index is -0.264. The molecule has 6 heteroatoms. The molecule has 0 unspecified atom stereocenters. The summed E-state index contributed by atoms with van der Waals surface area (Å²) < 4.78 is 10.4. The molecule has 0 atom stereocenters. The predicted molar refractivity (Wildman–Crippen MR) is 109 cm³/mol. The minimum absolute atomic E-state index is 0.0437. The number of rotatable bonds is 6. The third-order valence-electron chi connectivity index (χ3n) is 4.59. The highest BCUT2D eigenvalue weighted by Crippen LogP contribution is 2.23. The lowest BCUT2D eigenvalue weighted by molar-refractivity contribution is -0.111. The second kappa shape index (κ2) is 9.08. The fraction of sp³-hybridized carbons (Fsp3) is 0.273. The van der Waals surface area contributed by atoms with Crippen LogP contribution >= 0.6 is 0 Å². The molecule has 1 aliphatic rings. The highest BCUT2D eigenvalue weighted by molar-refractivity contribution is 6.02. The zero-order valence-corrected chi connectivity index (χ0v) is 16.1. The zero-order chi connectivity index (χ0) is 19.9. The normalized spacial score (nSPS) is 13.6. The number of amides is 2. The van der Waals surface area contributed by atoms with Crippen LogP contribution in [0.2, 0.25) is 0 Å². The number of ether oxygens (including phenoxy) is 2. The topological polar surface area (TPSA) is 67.9 Å². The van der Waals surface area contributed by atoms with Gasteiger partial charge in [-0.05, 0) is 60.9 Å². The first-order chi connectivity index (χ1) is 13.6. The number of benzene rings is 2. The van der Waals surface area contributed by atoms with Gasteiger partial charge in [-0.2, -0.15) is 0 Å². The summed E-state index contributed by atoms with van der Waals surface area (Å²) >= 11 is 0. The lowest BCUT2D eigenvalue weighted by Crippen LogP contribution is -2.27. The van der Waals surface area contributed by atoms with E-state index in [1.165, 1.54) is 6.08 Å². The van der Waals surface area contributed by atoms with Crippen molar-refractivity contribution in [1.29, 1.82) is 0 Å². The van der Waals surface area contributed by atoms with Crippen molar-refractivity contribution in [2.24, 2.45) is 0 Å². The molecule has 28 heavy (non-hydrogen) atoms. The molecule has 0 spiro atoms. The standard InChI is InChI=1S/C22H24N2O4/c1-27-19-13-16(14-20(15-19)28-2)5-10-21(25)23-18-8-6-17(7-9-18)22(26)24-11-3-4-12-24/h5-10,13-15H,3-4,11-12H2,1-2H3,(H,23,25)/b10-5+. The van der Waals surface area contributed by atoms with Crippen LogP contribution in [0.1, 0.15) is 28.8 Å². The molecule has 2 aromatic rings. The predicted octanol–water partition coefficient (Wildman–Crippen LogP) is 3.59. The van der Waals surface area contributed by atoms with E-state index in [0.29, 0.717) is 22.7 Å². The maximum atomic E-state index is 12.4. The van der Waals surface area contributed by atoms with E-state index in [1.807, 2.05) is 17.0 Å². The molecule has 1 aliphatic heterocycles. The molecule has 146 valence electrons. The van der Waals surface area contributed by atoms with Crippen molar-refractivity contribution in [3.8, 4) is 11.5 Å². The summed E-state index contributed by atoms with van der Waals surface area (Å²) in [7, 11) is 3.15. The molecule has 2 aromatic carbocycles. The van der Waals surface area contributed by atoms with Crippen LogP contribution in [-0.4, -0.2) is 44.0 Å². The van der Waals surface area contributed by atoms with Gasteiger partial charge >= 0.3 is 0 Å². The smallest absolute Gasteiger partial charge is 0.253 e. The zero-order valence-electron chi connectivity index (χ0n) is 16.1. The second-order valence-electron chi connectivity index (χ2n) is 6.55. The molecule has 2 amide bonds. The number of nitrogens with one attached hydrogen (secondary N) is 1. The summed E-state index contributed by atoms with van der Waals surface area (Å²) in [6.07, 6.45) is 5.25. The van der Waals surface area contributed by atoms with E-state index in [2.05, 4.69) is 5.32 Å². The third-order valence-corrected chi connectivity index (χ3v) is 4.59. The van der Waals surface area contributed by atoms with Crippen molar-refractivity contribution >= 4 is 23.6 Å². The molecule has 0 saturated carbocycles. The van der Waals surface area contributed by atoms with Crippen LogP contribution in [0.3, 0.4) is 0 Å². The molecule has 0 aromatic heterocycles. The van der Waals surface area contributed by atoms with E-state index >= 15 is 0 Å². The first kappa shape index (κ1) is 19.5. The molecular weight excluding hydrogens is 356 g/mol. The number of carbonyl (C=O) groups is 2. The van der Waals surface area contributed by atoms with E-state index in [9.17, 15) is 9.59 Å². The number of hydrogen-bond acceptors (Lipinski definition) is 4. The fourth-order valence-electron chi connectivity index (χ4n) is 3.08. The van der Waals surface area contributed by atoms with Crippen molar-refractivity contribution in [2.45, 2.75) is 12.8 Å². The molecule has 1 N–H and O–H groups in total. The Morgan fingerprint density at radius 2 is 1.57 bits per heavy atom. The molecule has 3 rings (SSSR count). The van der Waals surface area contributed by atoms with Crippen LogP contribution in [0.4, 0.5) is 5.69 Å². The second-order valence-corrected chi connectivity index (χ2v) is 6.55. The van der Waals surface area contributed by atoms with E-state index in [0.717, 1.165) is 31.5 Å². The van der Waals surface area contributed by atoms with Crippen molar-refractivity contribution < 1.29 is 19.1 Å². The van der Waals surface area contributed by atoms with Gasteiger partial charge in [0.25, 0.3) is 5.91 Å². The Kier molecular flexibility index (Phi) is 6.32. The Labute approximate surface area is 164 Å². The Morgan fingerprint density at radius 1 is 0.964 bits per heavy atom. The Morgan fingerprint density at radius 3 is 2.14 bits per heavy atom. The van der Waals surface area contributed by atoms with Crippen LogP contribution in [-0.2, 0) is 4.79 Å². The van der Waals surface area contributed by atoms with Gasteiger partial charge in [0, 0.05) is 36.5 Å². The Bertz CT molecular complexity index is 846. The lowest BCUT2D eigenvalue weighted by atomic mass is 10.1. The maximum Gasteiger partial charge on any atom is 0.253 e. The van der Waals surface area contributed by atoms with Gasteiger partial charge in [0.2, 0.25) is 5.91 Å². The van der Waals surface area contributed by atoms with Crippen LogP contribution in [0, 0.1) is 0 Å². The monoisotopic (exact) mass is 380 g/mol. The van der Waals surface area contributed by atoms with E-state index in [4.69, 9.17) is 9.47 Å². The largest absolute Gasteiger partial charge is 0.497 e. The number of carbonyl (C=O) groups excluding carboxylic acids is 2. The molecule has 0 aliphatic carbocycles. The summed E-state index contributed by atoms with van der Waals surface area (Å²) in [4.78, 5) is 26.4. The fourth-order valence-corrected chi connectivity index (χ4v) is 3.08. The number of likely N-dealkylation sites (tertiary alicyclic amines) is 1. The highest BCUT2D eigenvalue weighted by Gasteiger charge is 2.19. The van der Waals surface area contributed by atoms with Gasteiger partial charge < -0.3 is 19.7 Å². The van der Waals surface area contributed by atoms with E-state index in [1.54, 1.807) is 50.6 Å². The first-order valence-electron chi connectivity index (χ1n) is 9.20. The first-order valence-corrected chi connectivity index (χ1v) is 9.20. The van der Waals surface area contributed by atoms with Crippen molar-refractivity contribution in [1.82, 2.24) is 4.90 Å². The van der Waals surface area contributed by atoms with Crippen molar-refractivity contribution in [3.05, 3.63) is 59.7 Å². The average Bonchev–Trinajstić information content (AvgIpc) is 3.27. The number of methoxy groups -OCH3 is 2. The molecular formula is C22H24N2O4. The summed E-state index contributed by atoms with van der Waals surface area (Å²) in [5, 5.41) is 2.79. The van der Waals surface area contributed by atoms with Crippen LogP contribution in [0.5, 0.6) is 11.5 Å². The minimum Gasteiger partial charge on any atom is -0.497 e. The highest BCUT2D eigenvalue weighted by atomic mass is 16.5. The van der Waals surface area contributed by atoms with Gasteiger partial charge in [-0.15, -0.1) is 0 Å². The van der Waals surface area contributed by atoms with Crippen LogP contribution in [0.25, 0.3) is 6.08 Å².